The molecule has 0 saturated carbocycles. The van der Waals surface area contributed by atoms with E-state index in [-0.39, 0.29) is 5.52 Å². The van der Waals surface area contributed by atoms with E-state index < -0.39 is 65.9 Å². The lowest BCUT2D eigenvalue weighted by Crippen LogP contribution is -2.42. The number of nitrogens with two attached hydrogens (primary N) is 1. The van der Waals surface area contributed by atoms with Gasteiger partial charge in [-0.25, -0.2) is 23.5 Å². The molecule has 1 atom stereocenters. The summed E-state index contributed by atoms with van der Waals surface area (Å²) in [6.45, 7) is 0. The number of hydrogen-bond donors (Lipinski definition) is 2. The van der Waals surface area contributed by atoms with Crippen LogP contribution < -0.4 is 5.14 Å². The van der Waals surface area contributed by atoms with Crippen molar-refractivity contribution in [1.29, 1.82) is 0 Å². The fourth-order valence-electron chi connectivity index (χ4n) is 2.31. The first-order chi connectivity index (χ1) is 11.5. The third kappa shape index (κ3) is 2.37. The average molecular weight is 366 g/mol. The average Bonchev–Trinajstić information content (AvgIpc) is 2.54. The van der Waals surface area contributed by atoms with Crippen LogP contribution in [-0.2, 0) is 14.8 Å². The van der Waals surface area contributed by atoms with Gasteiger partial charge in [-0.15, -0.1) is 0 Å². The third-order valence-electron chi connectivity index (χ3n) is 3.43. The molecule has 0 saturated heterocycles. The van der Waals surface area contributed by atoms with E-state index in [1.807, 2.05) is 0 Å². The Labute approximate surface area is 137 Å². The van der Waals surface area contributed by atoms with Crippen molar-refractivity contribution in [2.75, 3.05) is 0 Å². The molecule has 0 bridgehead atoms. The highest BCUT2D eigenvalue weighted by Crippen LogP contribution is 2.31. The Morgan fingerprint density at radius 3 is 2.32 bits per heavy atom. The van der Waals surface area contributed by atoms with Crippen LogP contribution in [0.25, 0.3) is 11.0 Å². The zero-order valence-corrected chi connectivity index (χ0v) is 12.7. The van der Waals surface area contributed by atoms with Gasteiger partial charge in [0.05, 0.1) is 10.4 Å². The first kappa shape index (κ1) is 16.7. The van der Waals surface area contributed by atoms with Crippen LogP contribution in [0, 0.1) is 10.1 Å². The van der Waals surface area contributed by atoms with Gasteiger partial charge in [0.1, 0.15) is 11.4 Å². The molecular formula is C12H6N4O8S. The van der Waals surface area contributed by atoms with Gasteiger partial charge in [-0.05, 0) is 12.1 Å². The maximum Gasteiger partial charge on any atom is 0.316 e. The van der Waals surface area contributed by atoms with Gasteiger partial charge in [0.2, 0.25) is 21.6 Å². The zero-order chi connectivity index (χ0) is 18.7. The quantitative estimate of drug-likeness (QED) is 0.272. The van der Waals surface area contributed by atoms with Gasteiger partial charge in [-0.1, -0.05) is 0 Å². The number of nitro groups is 1. The van der Waals surface area contributed by atoms with Crippen molar-refractivity contribution >= 4 is 44.1 Å². The zero-order valence-electron chi connectivity index (χ0n) is 11.9. The third-order valence-corrected chi connectivity index (χ3v) is 4.37. The number of ketones is 3. The van der Waals surface area contributed by atoms with Gasteiger partial charge in [0, 0.05) is 0 Å². The molecule has 25 heavy (non-hydrogen) atoms. The largest absolute Gasteiger partial charge is 0.377 e. The van der Waals surface area contributed by atoms with Crippen molar-refractivity contribution in [2.24, 2.45) is 5.14 Å². The standard InChI is InChI=1S/C12H6N4O8S/c13-25(23,24)4-2-1-3-5(8(4)16(21)22)15-7-6(14-3)9(17)11(19)12(20)10(7)18/h1-2,11,19H,(H2,13,23,24). The fraction of sp³-hybridized carbons (Fsp3) is 0.0833. The monoisotopic (exact) mass is 366 g/mol. The van der Waals surface area contributed by atoms with Crippen LogP contribution in [0.15, 0.2) is 17.0 Å². The number of primary sulfonamides is 1. The van der Waals surface area contributed by atoms with Gasteiger partial charge >= 0.3 is 5.69 Å². The summed E-state index contributed by atoms with van der Waals surface area (Å²) in [7, 11) is -4.50. The van der Waals surface area contributed by atoms with Crippen molar-refractivity contribution in [3.8, 4) is 0 Å². The molecule has 1 heterocycles. The molecule has 0 amide bonds. The number of aromatic nitrogens is 2. The smallest absolute Gasteiger partial charge is 0.316 e. The molecule has 3 rings (SSSR count). The van der Waals surface area contributed by atoms with Crippen molar-refractivity contribution < 1.29 is 32.8 Å². The van der Waals surface area contributed by atoms with E-state index in [1.54, 1.807) is 0 Å². The number of aliphatic hydroxyl groups excluding tert-OH is 1. The number of aliphatic hydroxyl groups is 1. The summed E-state index contributed by atoms with van der Waals surface area (Å²) in [6, 6.07) is 1.80. The number of rotatable bonds is 2. The Bertz CT molecular complexity index is 1120. The molecule has 1 aromatic carbocycles. The van der Waals surface area contributed by atoms with Crippen LogP contribution in [-0.4, -0.2) is 51.9 Å². The topological polar surface area (TPSA) is 201 Å². The maximum atomic E-state index is 11.9. The molecule has 2 aromatic rings. The molecule has 12 nitrogen and oxygen atoms in total. The summed E-state index contributed by atoms with van der Waals surface area (Å²) >= 11 is 0. The predicted molar refractivity (Wildman–Crippen MR) is 77.2 cm³/mol. The van der Waals surface area contributed by atoms with E-state index in [0.29, 0.717) is 0 Å². The van der Waals surface area contributed by atoms with Crippen molar-refractivity contribution in [3.63, 3.8) is 0 Å². The summed E-state index contributed by atoms with van der Waals surface area (Å²) < 4.78 is 23.0. The second-order valence-corrected chi connectivity index (χ2v) is 6.49. The van der Waals surface area contributed by atoms with E-state index >= 15 is 0 Å². The molecule has 128 valence electrons. The molecule has 1 unspecified atom stereocenters. The molecule has 0 aliphatic heterocycles. The summed E-state index contributed by atoms with van der Waals surface area (Å²) in [5.41, 5.74) is -3.42. The number of fused-ring (bicyclic) bond motifs is 2. The lowest BCUT2D eigenvalue weighted by molar-refractivity contribution is -0.386. The van der Waals surface area contributed by atoms with Crippen LogP contribution in [0.2, 0.25) is 0 Å². The van der Waals surface area contributed by atoms with Gasteiger partial charge in [0.15, 0.2) is 16.5 Å². The minimum absolute atomic E-state index is 0.291. The molecule has 1 aliphatic carbocycles. The lowest BCUT2D eigenvalue weighted by Gasteiger charge is -2.16. The molecule has 0 radical (unpaired) electrons. The Balaban J connectivity index is 2.47. The lowest BCUT2D eigenvalue weighted by atomic mass is 9.93. The minimum atomic E-state index is -4.50. The van der Waals surface area contributed by atoms with Gasteiger partial charge in [-0.3, -0.25) is 24.5 Å². The Morgan fingerprint density at radius 1 is 1.12 bits per heavy atom. The van der Waals surface area contributed by atoms with E-state index in [0.717, 1.165) is 12.1 Å². The SMILES string of the molecule is NS(=O)(=O)c1ccc2nc3c(nc2c1[N+](=O)[O-])C(=O)C(=O)C(O)C3=O. The first-order valence-electron chi connectivity index (χ1n) is 6.36. The highest BCUT2D eigenvalue weighted by molar-refractivity contribution is 7.89. The number of Topliss-reactive ketones (excluding diaryl/α,β-unsaturated/α-hetero) is 3. The van der Waals surface area contributed by atoms with Crippen LogP contribution in [0.3, 0.4) is 0 Å². The normalized spacial score (nSPS) is 17.7. The number of carbonyl (C=O) groups excluding carboxylic acids is 3. The van der Waals surface area contributed by atoms with Crippen LogP contribution in [0.4, 0.5) is 5.69 Å². The number of carbonyl (C=O) groups is 3. The fourth-order valence-corrected chi connectivity index (χ4v) is 3.01. The van der Waals surface area contributed by atoms with Crippen molar-refractivity contribution in [2.45, 2.75) is 11.0 Å². The molecule has 0 spiro atoms. The molecule has 13 heteroatoms. The minimum Gasteiger partial charge on any atom is -0.377 e. The van der Waals surface area contributed by atoms with Crippen LogP contribution in [0.5, 0.6) is 0 Å². The van der Waals surface area contributed by atoms with Crippen molar-refractivity contribution in [3.05, 3.63) is 33.6 Å². The van der Waals surface area contributed by atoms with Crippen molar-refractivity contribution in [1.82, 2.24) is 9.97 Å². The van der Waals surface area contributed by atoms with Gasteiger partial charge in [0.25, 0.3) is 5.78 Å². The van der Waals surface area contributed by atoms with E-state index in [1.165, 1.54) is 0 Å². The number of benzene rings is 1. The molecular weight excluding hydrogens is 360 g/mol. The maximum absolute atomic E-state index is 11.9. The van der Waals surface area contributed by atoms with Gasteiger partial charge in [-0.2, -0.15) is 0 Å². The van der Waals surface area contributed by atoms with E-state index in [9.17, 15) is 38.0 Å². The van der Waals surface area contributed by atoms with Crippen LogP contribution in [0.1, 0.15) is 21.0 Å². The summed E-state index contributed by atoms with van der Waals surface area (Å²) in [6.07, 6.45) is -2.23. The Hall–Kier alpha value is -3.16. The van der Waals surface area contributed by atoms with E-state index in [2.05, 4.69) is 9.97 Å². The Morgan fingerprint density at radius 2 is 1.76 bits per heavy atom. The summed E-state index contributed by atoms with van der Waals surface area (Å²) in [4.78, 5) is 52.0. The number of hydrogen-bond acceptors (Lipinski definition) is 10. The van der Waals surface area contributed by atoms with E-state index in [4.69, 9.17) is 5.14 Å². The first-order valence-corrected chi connectivity index (χ1v) is 7.91. The van der Waals surface area contributed by atoms with Crippen LogP contribution >= 0.6 is 0 Å². The molecule has 1 aromatic heterocycles. The number of nitro benzene ring substituents is 1. The molecule has 0 fully saturated rings. The predicted octanol–water partition coefficient (Wildman–Crippen LogP) is -1.51. The highest BCUT2D eigenvalue weighted by atomic mass is 32.2. The second kappa shape index (κ2) is 5.17. The van der Waals surface area contributed by atoms with Gasteiger partial charge < -0.3 is 5.11 Å². The molecule has 3 N–H and O–H groups in total. The highest BCUT2D eigenvalue weighted by Gasteiger charge is 2.42. The summed E-state index contributed by atoms with van der Waals surface area (Å²) in [5.74, 6) is -4.02. The molecule has 1 aliphatic rings. The number of sulfonamides is 1. The Kier molecular flexibility index (Phi) is 3.45. The second-order valence-electron chi connectivity index (χ2n) is 4.96. The summed E-state index contributed by atoms with van der Waals surface area (Å²) in [5, 5.41) is 25.6. The number of nitrogens with zero attached hydrogens (tertiary/aromatic N) is 3.